The topological polar surface area (TPSA) is 18.5 Å². The number of nitrogens with one attached hydrogen (secondary N) is 1. The first kappa shape index (κ1) is 13.7. The van der Waals surface area contributed by atoms with Crippen LogP contribution in [0.3, 0.4) is 0 Å². The van der Waals surface area contributed by atoms with E-state index >= 15 is 0 Å². The lowest BCUT2D eigenvalue weighted by Gasteiger charge is -2.23. The van der Waals surface area contributed by atoms with Crippen LogP contribution in [-0.4, -0.2) is 56.4 Å². The molecule has 0 bridgehead atoms. The van der Waals surface area contributed by atoms with Crippen molar-refractivity contribution in [1.82, 2.24) is 15.3 Å². The molecule has 0 aliphatic rings. The zero-order chi connectivity index (χ0) is 10.8. The van der Waals surface area contributed by atoms with Gasteiger partial charge in [-0.15, -0.1) is 10.0 Å². The summed E-state index contributed by atoms with van der Waals surface area (Å²) in [5.74, 6) is 0. The maximum absolute atomic E-state index is 11.9. The molecule has 0 aliphatic heterocycles. The number of hydrogen-bond donors (Lipinski definition) is 1. The summed E-state index contributed by atoms with van der Waals surface area (Å²) in [4.78, 5) is 4.01. The Morgan fingerprint density at radius 2 is 1.93 bits per heavy atom. The Balaban J connectivity index is 3.60. The highest BCUT2D eigenvalue weighted by Gasteiger charge is 2.05. The lowest BCUT2D eigenvalue weighted by molar-refractivity contribution is 0.161. The molecule has 0 saturated heterocycles. The molecule has 5 heteroatoms. The second-order valence-electron chi connectivity index (χ2n) is 3.35. The minimum absolute atomic E-state index is 0.178. The Labute approximate surface area is 85.0 Å². The zero-order valence-electron chi connectivity index (χ0n) is 9.10. The van der Waals surface area contributed by atoms with Gasteiger partial charge in [-0.25, -0.2) is 0 Å². The molecule has 0 aliphatic carbocycles. The lowest BCUT2D eigenvalue weighted by atomic mass is 10.4. The zero-order valence-corrected chi connectivity index (χ0v) is 9.10. The molecule has 0 atom stereocenters. The van der Waals surface area contributed by atoms with Gasteiger partial charge in [0, 0.05) is 19.6 Å². The highest BCUT2D eigenvalue weighted by atomic mass is 19.2. The molecule has 0 spiro atoms. The van der Waals surface area contributed by atoms with Crippen LogP contribution in [0.2, 0.25) is 0 Å². The average Bonchev–Trinajstić information content (AvgIpc) is 2.21. The fraction of sp³-hybridized carbons (Fsp3) is 1.00. The lowest BCUT2D eigenvalue weighted by Crippen LogP contribution is -2.37. The molecule has 0 aromatic rings. The molecule has 0 rings (SSSR count). The van der Waals surface area contributed by atoms with Crippen molar-refractivity contribution in [2.75, 3.05) is 46.6 Å². The molecule has 0 amide bonds. The van der Waals surface area contributed by atoms with E-state index in [2.05, 4.69) is 11.8 Å². The van der Waals surface area contributed by atoms with Crippen molar-refractivity contribution in [3.8, 4) is 0 Å². The first-order valence-corrected chi connectivity index (χ1v) is 5.05. The predicted molar refractivity (Wildman–Crippen MR) is 54.4 cm³/mol. The summed E-state index contributed by atoms with van der Waals surface area (Å²) in [6.45, 7) is 5.12. The first-order chi connectivity index (χ1) is 6.74. The monoisotopic (exact) mass is 209 g/mol. The second-order valence-corrected chi connectivity index (χ2v) is 3.35. The number of nitrogens with zero attached hydrogens (tertiary/aromatic N) is 2. The maximum atomic E-state index is 11.9. The Bertz CT molecular complexity index is 125. The SMILES string of the molecule is CCN(C)CCN(CCCF)CNF. The third-order valence-corrected chi connectivity index (χ3v) is 2.23. The van der Waals surface area contributed by atoms with Gasteiger partial charge in [-0.1, -0.05) is 6.92 Å². The molecule has 0 unspecified atom stereocenters. The Morgan fingerprint density at radius 3 is 2.43 bits per heavy atom. The number of hydrogen-bond acceptors (Lipinski definition) is 3. The van der Waals surface area contributed by atoms with E-state index in [1.807, 2.05) is 11.9 Å². The van der Waals surface area contributed by atoms with Gasteiger partial charge in [-0.3, -0.25) is 9.29 Å². The van der Waals surface area contributed by atoms with E-state index in [-0.39, 0.29) is 13.3 Å². The molecule has 0 heterocycles. The summed E-state index contributed by atoms with van der Waals surface area (Å²) in [6.07, 6.45) is 0.470. The van der Waals surface area contributed by atoms with Crippen molar-refractivity contribution in [2.24, 2.45) is 0 Å². The summed E-state index contributed by atoms with van der Waals surface area (Å²) in [7, 11) is 2.01. The Kier molecular flexibility index (Phi) is 9.13. The Morgan fingerprint density at radius 1 is 1.21 bits per heavy atom. The van der Waals surface area contributed by atoms with Crippen molar-refractivity contribution in [3.05, 3.63) is 0 Å². The van der Waals surface area contributed by atoms with Gasteiger partial charge in [-0.05, 0) is 20.0 Å². The number of halogens is 2. The second kappa shape index (κ2) is 9.30. The van der Waals surface area contributed by atoms with Crippen molar-refractivity contribution in [1.29, 1.82) is 0 Å². The molecular formula is C9H21F2N3. The van der Waals surface area contributed by atoms with Crippen LogP contribution in [0.25, 0.3) is 0 Å². The third-order valence-electron chi connectivity index (χ3n) is 2.23. The van der Waals surface area contributed by atoms with E-state index < -0.39 is 0 Å². The molecule has 14 heavy (non-hydrogen) atoms. The molecule has 0 radical (unpaired) electrons. The summed E-state index contributed by atoms with van der Waals surface area (Å²) in [5.41, 5.74) is 1.60. The van der Waals surface area contributed by atoms with Crippen LogP contribution < -0.4 is 5.54 Å². The van der Waals surface area contributed by atoms with Crippen molar-refractivity contribution in [3.63, 3.8) is 0 Å². The molecular weight excluding hydrogens is 188 g/mol. The largest absolute Gasteiger partial charge is 0.305 e. The van der Waals surface area contributed by atoms with E-state index in [0.717, 1.165) is 19.6 Å². The highest BCUT2D eigenvalue weighted by Crippen LogP contribution is 1.92. The first-order valence-electron chi connectivity index (χ1n) is 5.05. The smallest absolute Gasteiger partial charge is 0.0906 e. The molecule has 86 valence electrons. The van der Waals surface area contributed by atoms with Gasteiger partial charge in [-0.2, -0.15) is 0 Å². The molecule has 0 aromatic carbocycles. The van der Waals surface area contributed by atoms with Crippen LogP contribution >= 0.6 is 0 Å². The summed E-state index contributed by atoms with van der Waals surface area (Å²) in [5, 5.41) is 0. The fourth-order valence-electron chi connectivity index (χ4n) is 1.11. The fourth-order valence-corrected chi connectivity index (χ4v) is 1.11. The van der Waals surface area contributed by atoms with E-state index in [1.165, 1.54) is 0 Å². The summed E-state index contributed by atoms with van der Waals surface area (Å²) >= 11 is 0. The van der Waals surface area contributed by atoms with Crippen LogP contribution in [0.15, 0.2) is 0 Å². The van der Waals surface area contributed by atoms with Crippen molar-refractivity contribution in [2.45, 2.75) is 13.3 Å². The van der Waals surface area contributed by atoms with Crippen LogP contribution in [0.1, 0.15) is 13.3 Å². The van der Waals surface area contributed by atoms with E-state index in [1.54, 1.807) is 5.54 Å². The van der Waals surface area contributed by atoms with Crippen molar-refractivity contribution < 1.29 is 8.87 Å². The van der Waals surface area contributed by atoms with Crippen LogP contribution in [0.5, 0.6) is 0 Å². The number of likely N-dealkylation sites (N-methyl/N-ethyl adjacent to an activating group) is 1. The maximum Gasteiger partial charge on any atom is 0.0906 e. The summed E-state index contributed by atoms with van der Waals surface area (Å²) < 4.78 is 23.8. The number of alkyl halides is 1. The van der Waals surface area contributed by atoms with Gasteiger partial charge in [0.1, 0.15) is 0 Å². The predicted octanol–water partition coefficient (Wildman–Crippen LogP) is 1.03. The molecule has 0 saturated carbocycles. The van der Waals surface area contributed by atoms with Gasteiger partial charge in [0.15, 0.2) is 0 Å². The van der Waals surface area contributed by atoms with Crippen molar-refractivity contribution >= 4 is 0 Å². The van der Waals surface area contributed by atoms with Gasteiger partial charge < -0.3 is 4.90 Å². The Hall–Kier alpha value is -0.260. The van der Waals surface area contributed by atoms with Crippen LogP contribution in [0, 0.1) is 0 Å². The molecule has 3 nitrogen and oxygen atoms in total. The van der Waals surface area contributed by atoms with E-state index in [4.69, 9.17) is 0 Å². The molecule has 0 aromatic heterocycles. The van der Waals surface area contributed by atoms with E-state index in [0.29, 0.717) is 13.0 Å². The minimum Gasteiger partial charge on any atom is -0.305 e. The van der Waals surface area contributed by atoms with Gasteiger partial charge in [0.25, 0.3) is 0 Å². The van der Waals surface area contributed by atoms with Gasteiger partial charge in [0.05, 0.1) is 13.3 Å². The van der Waals surface area contributed by atoms with E-state index in [9.17, 15) is 8.87 Å². The van der Waals surface area contributed by atoms with Crippen LogP contribution in [-0.2, 0) is 0 Å². The van der Waals surface area contributed by atoms with Gasteiger partial charge >= 0.3 is 0 Å². The standard InChI is InChI=1S/C9H21F2N3/c1-3-13(2)7-8-14(9-12-11)6-4-5-10/h12H,3-9H2,1-2H3. The van der Waals surface area contributed by atoms with Crippen LogP contribution in [0.4, 0.5) is 8.87 Å². The average molecular weight is 209 g/mol. The quantitative estimate of drug-likeness (QED) is 0.452. The number of rotatable bonds is 9. The molecule has 1 N–H and O–H groups in total. The normalized spacial score (nSPS) is 11.6. The van der Waals surface area contributed by atoms with Gasteiger partial charge in [0.2, 0.25) is 0 Å². The molecule has 0 fully saturated rings. The highest BCUT2D eigenvalue weighted by molar-refractivity contribution is 4.58. The third kappa shape index (κ3) is 7.17. The minimum atomic E-state index is -0.341. The summed E-state index contributed by atoms with van der Waals surface area (Å²) in [6, 6.07) is 0.